The van der Waals surface area contributed by atoms with Crippen molar-refractivity contribution in [3.05, 3.63) is 46.6 Å². The van der Waals surface area contributed by atoms with Gasteiger partial charge < -0.3 is 10.3 Å². The quantitative estimate of drug-likeness (QED) is 0.942. The highest BCUT2D eigenvalue weighted by molar-refractivity contribution is 6.30. The van der Waals surface area contributed by atoms with Crippen LogP contribution in [-0.4, -0.2) is 10.1 Å². The number of benzene rings is 1. The number of nitrogens with zero attached hydrogens (tertiary/aromatic N) is 2. The van der Waals surface area contributed by atoms with Crippen LogP contribution in [0.5, 0.6) is 0 Å². The first-order valence-corrected chi connectivity index (χ1v) is 6.90. The van der Waals surface area contributed by atoms with Gasteiger partial charge in [-0.2, -0.15) is 4.98 Å². The zero-order valence-electron chi connectivity index (χ0n) is 11.0. The molecule has 0 radical (unpaired) electrons. The van der Waals surface area contributed by atoms with E-state index in [0.717, 1.165) is 36.3 Å². The summed E-state index contributed by atoms with van der Waals surface area (Å²) >= 11 is 5.86. The lowest BCUT2D eigenvalue weighted by atomic mass is 9.99. The van der Waals surface area contributed by atoms with Crippen molar-refractivity contribution in [2.75, 3.05) is 0 Å². The molecule has 1 aromatic carbocycles. The Morgan fingerprint density at radius 3 is 2.50 bits per heavy atom. The van der Waals surface area contributed by atoms with Crippen LogP contribution in [0, 0.1) is 0 Å². The van der Waals surface area contributed by atoms with E-state index in [1.54, 1.807) is 0 Å². The van der Waals surface area contributed by atoms with Gasteiger partial charge in [-0.25, -0.2) is 0 Å². The number of hydrogen-bond donors (Lipinski definition) is 1. The fourth-order valence-electron chi connectivity index (χ4n) is 2.53. The third-order valence-corrected chi connectivity index (χ3v) is 3.92. The zero-order chi connectivity index (χ0) is 13.3. The van der Waals surface area contributed by atoms with Gasteiger partial charge in [0.05, 0.1) is 5.54 Å². The minimum Gasteiger partial charge on any atom is -0.337 e. The van der Waals surface area contributed by atoms with Crippen LogP contribution in [-0.2, 0) is 12.0 Å². The molecule has 0 saturated heterocycles. The Morgan fingerprint density at radius 2 is 1.85 bits per heavy atom. The molecule has 0 atom stereocenters. The number of hydrogen-bond acceptors (Lipinski definition) is 4. The molecule has 1 aliphatic rings. The van der Waals surface area contributed by atoms with Crippen LogP contribution in [0.1, 0.15) is 43.0 Å². The zero-order valence-corrected chi connectivity index (χ0v) is 12.6. The van der Waals surface area contributed by atoms with Gasteiger partial charge >= 0.3 is 0 Å². The van der Waals surface area contributed by atoms with Crippen LogP contribution in [0.25, 0.3) is 0 Å². The maximum atomic E-state index is 6.29. The SMILES string of the molecule is Cl.NC1(c2nc(Cc3ccc(Cl)cc3)no2)CCCC1. The molecule has 1 aliphatic carbocycles. The molecule has 6 heteroatoms. The Kier molecular flexibility index (Phi) is 4.68. The number of rotatable bonds is 3. The molecule has 2 aromatic rings. The van der Waals surface area contributed by atoms with Crippen LogP contribution in [0.15, 0.2) is 28.8 Å². The summed E-state index contributed by atoms with van der Waals surface area (Å²) in [6, 6.07) is 7.65. The molecule has 0 bridgehead atoms. The highest BCUT2D eigenvalue weighted by atomic mass is 35.5. The van der Waals surface area contributed by atoms with E-state index in [1.165, 1.54) is 0 Å². The molecular weight excluding hydrogens is 297 g/mol. The minimum absolute atomic E-state index is 0. The summed E-state index contributed by atoms with van der Waals surface area (Å²) in [5, 5.41) is 4.75. The van der Waals surface area contributed by atoms with Gasteiger partial charge in [0.25, 0.3) is 0 Å². The molecule has 1 heterocycles. The molecule has 3 rings (SSSR count). The van der Waals surface area contributed by atoms with Crippen LogP contribution < -0.4 is 5.73 Å². The van der Waals surface area contributed by atoms with Crippen molar-refractivity contribution in [2.45, 2.75) is 37.6 Å². The average molecular weight is 314 g/mol. The van der Waals surface area contributed by atoms with E-state index in [0.29, 0.717) is 18.1 Å². The first kappa shape index (κ1) is 15.3. The lowest BCUT2D eigenvalue weighted by Crippen LogP contribution is -2.33. The van der Waals surface area contributed by atoms with E-state index in [9.17, 15) is 0 Å². The average Bonchev–Trinajstić information content (AvgIpc) is 3.02. The first-order valence-electron chi connectivity index (χ1n) is 6.52. The van der Waals surface area contributed by atoms with Crippen molar-refractivity contribution in [1.82, 2.24) is 10.1 Å². The van der Waals surface area contributed by atoms with Gasteiger partial charge in [-0.1, -0.05) is 41.7 Å². The number of nitrogens with two attached hydrogens (primary N) is 1. The van der Waals surface area contributed by atoms with Gasteiger partial charge in [-0.3, -0.25) is 0 Å². The predicted octanol–water partition coefficient (Wildman–Crippen LogP) is 3.46. The highest BCUT2D eigenvalue weighted by Gasteiger charge is 2.36. The molecule has 1 fully saturated rings. The van der Waals surface area contributed by atoms with Crippen LogP contribution >= 0.6 is 24.0 Å². The second kappa shape index (κ2) is 6.12. The van der Waals surface area contributed by atoms with Crippen LogP contribution in [0.3, 0.4) is 0 Å². The second-order valence-corrected chi connectivity index (χ2v) is 5.62. The van der Waals surface area contributed by atoms with Gasteiger partial charge in [0, 0.05) is 11.4 Å². The largest absolute Gasteiger partial charge is 0.337 e. The summed E-state index contributed by atoms with van der Waals surface area (Å²) in [5.74, 6) is 1.25. The van der Waals surface area contributed by atoms with Crippen molar-refractivity contribution in [3.63, 3.8) is 0 Å². The molecule has 0 aliphatic heterocycles. The van der Waals surface area contributed by atoms with Gasteiger partial charge in [0.2, 0.25) is 5.89 Å². The molecule has 4 nitrogen and oxygen atoms in total. The maximum Gasteiger partial charge on any atom is 0.246 e. The molecule has 2 N–H and O–H groups in total. The Morgan fingerprint density at radius 1 is 1.20 bits per heavy atom. The summed E-state index contributed by atoms with van der Waals surface area (Å²) in [5.41, 5.74) is 6.99. The summed E-state index contributed by atoms with van der Waals surface area (Å²) < 4.78 is 5.34. The van der Waals surface area contributed by atoms with Crippen LogP contribution in [0.4, 0.5) is 0 Å². The third-order valence-electron chi connectivity index (χ3n) is 3.67. The van der Waals surface area contributed by atoms with Crippen molar-refractivity contribution in [3.8, 4) is 0 Å². The summed E-state index contributed by atoms with van der Waals surface area (Å²) in [6.07, 6.45) is 4.75. The van der Waals surface area contributed by atoms with Crippen molar-refractivity contribution in [2.24, 2.45) is 5.73 Å². The summed E-state index contributed by atoms with van der Waals surface area (Å²) in [7, 11) is 0. The Labute approximate surface area is 129 Å². The highest BCUT2D eigenvalue weighted by Crippen LogP contribution is 2.35. The lowest BCUT2D eigenvalue weighted by molar-refractivity contribution is 0.284. The van der Waals surface area contributed by atoms with Gasteiger partial charge in [0.1, 0.15) is 0 Å². The lowest BCUT2D eigenvalue weighted by Gasteiger charge is -2.17. The standard InChI is InChI=1S/C14H16ClN3O.ClH/c15-11-5-3-10(4-6-11)9-12-17-13(19-18-12)14(16)7-1-2-8-14;/h3-6H,1-2,7-9,16H2;1H. The summed E-state index contributed by atoms with van der Waals surface area (Å²) in [6.45, 7) is 0. The molecule has 0 spiro atoms. The topological polar surface area (TPSA) is 64.9 Å². The fourth-order valence-corrected chi connectivity index (χ4v) is 2.66. The van der Waals surface area contributed by atoms with Crippen molar-refractivity contribution in [1.29, 1.82) is 0 Å². The number of aromatic nitrogens is 2. The fraction of sp³-hybridized carbons (Fsp3) is 0.429. The van der Waals surface area contributed by atoms with Gasteiger partial charge in [-0.15, -0.1) is 12.4 Å². The van der Waals surface area contributed by atoms with E-state index in [4.69, 9.17) is 21.9 Å². The van der Waals surface area contributed by atoms with Gasteiger partial charge in [-0.05, 0) is 30.5 Å². The van der Waals surface area contributed by atoms with E-state index >= 15 is 0 Å². The Bertz CT molecular complexity index is 562. The molecular formula is C14H17Cl2N3O. The first-order chi connectivity index (χ1) is 9.16. The van der Waals surface area contributed by atoms with Gasteiger partial charge in [0.15, 0.2) is 5.82 Å². The van der Waals surface area contributed by atoms with Crippen molar-refractivity contribution >= 4 is 24.0 Å². The third kappa shape index (κ3) is 3.14. The molecule has 0 amide bonds. The smallest absolute Gasteiger partial charge is 0.246 e. The summed E-state index contributed by atoms with van der Waals surface area (Å²) in [4.78, 5) is 4.45. The molecule has 0 unspecified atom stereocenters. The monoisotopic (exact) mass is 313 g/mol. The van der Waals surface area contributed by atoms with E-state index < -0.39 is 5.54 Å². The van der Waals surface area contributed by atoms with Crippen LogP contribution in [0.2, 0.25) is 5.02 Å². The molecule has 1 saturated carbocycles. The van der Waals surface area contributed by atoms with E-state index in [1.807, 2.05) is 24.3 Å². The molecule has 20 heavy (non-hydrogen) atoms. The normalized spacial score (nSPS) is 16.9. The Balaban J connectivity index is 0.00000147. The minimum atomic E-state index is -0.411. The maximum absolute atomic E-state index is 6.29. The number of halogens is 2. The van der Waals surface area contributed by atoms with Crippen molar-refractivity contribution < 1.29 is 4.52 Å². The van der Waals surface area contributed by atoms with E-state index in [-0.39, 0.29) is 12.4 Å². The molecule has 108 valence electrons. The molecule has 1 aromatic heterocycles. The predicted molar refractivity (Wildman–Crippen MR) is 80.1 cm³/mol. The second-order valence-electron chi connectivity index (χ2n) is 5.18. The van der Waals surface area contributed by atoms with E-state index in [2.05, 4.69) is 10.1 Å². The Hall–Kier alpha value is -1.10.